The molecule has 0 radical (unpaired) electrons. The summed E-state index contributed by atoms with van der Waals surface area (Å²) in [6.07, 6.45) is 6.04. The number of hydrogen-bond acceptors (Lipinski definition) is 1. The van der Waals surface area contributed by atoms with Crippen LogP contribution in [0.2, 0.25) is 0 Å². The third-order valence-corrected chi connectivity index (χ3v) is 5.16. The zero-order valence-corrected chi connectivity index (χ0v) is 15.7. The standard InChI is InChI=1S/C25H26O/c1-3-4-5-20-6-8-21(9-7-20)10-11-22-12-14-23(15-13-22)24-16-18-25(26-2)19-17-24/h6-9,12-15,24-25H,5,16-19H2,1-2H3. The first-order valence-electron chi connectivity index (χ1n) is 9.42. The van der Waals surface area contributed by atoms with E-state index in [0.717, 1.165) is 17.5 Å². The largest absolute Gasteiger partial charge is 0.381 e. The predicted molar refractivity (Wildman–Crippen MR) is 108 cm³/mol. The van der Waals surface area contributed by atoms with Gasteiger partial charge in [-0.3, -0.25) is 0 Å². The van der Waals surface area contributed by atoms with Crippen molar-refractivity contribution in [1.29, 1.82) is 0 Å². The molecule has 1 nitrogen and oxygen atoms in total. The van der Waals surface area contributed by atoms with Crippen LogP contribution in [0, 0.1) is 23.7 Å². The van der Waals surface area contributed by atoms with Gasteiger partial charge in [0.15, 0.2) is 0 Å². The van der Waals surface area contributed by atoms with Crippen LogP contribution in [0.5, 0.6) is 0 Å². The molecule has 26 heavy (non-hydrogen) atoms. The third kappa shape index (κ3) is 5.01. The maximum Gasteiger partial charge on any atom is 0.0571 e. The van der Waals surface area contributed by atoms with E-state index < -0.39 is 0 Å². The molecule has 0 unspecified atom stereocenters. The Balaban J connectivity index is 1.61. The molecule has 0 heterocycles. The van der Waals surface area contributed by atoms with Crippen LogP contribution in [0.4, 0.5) is 0 Å². The minimum Gasteiger partial charge on any atom is -0.381 e. The van der Waals surface area contributed by atoms with Crippen molar-refractivity contribution in [2.75, 3.05) is 7.11 Å². The molecule has 1 aliphatic rings. The molecule has 2 aromatic carbocycles. The monoisotopic (exact) mass is 342 g/mol. The van der Waals surface area contributed by atoms with Gasteiger partial charge in [-0.25, -0.2) is 0 Å². The van der Waals surface area contributed by atoms with Gasteiger partial charge in [-0.05, 0) is 73.9 Å². The Labute approximate surface area is 157 Å². The molecule has 3 rings (SSSR count). The molecule has 132 valence electrons. The fourth-order valence-corrected chi connectivity index (χ4v) is 3.51. The minimum atomic E-state index is 0.455. The summed E-state index contributed by atoms with van der Waals surface area (Å²) >= 11 is 0. The van der Waals surface area contributed by atoms with Gasteiger partial charge in [-0.2, -0.15) is 0 Å². The van der Waals surface area contributed by atoms with Gasteiger partial charge in [0.1, 0.15) is 0 Å². The summed E-state index contributed by atoms with van der Waals surface area (Å²) in [5, 5.41) is 0. The highest BCUT2D eigenvalue weighted by Crippen LogP contribution is 2.33. The van der Waals surface area contributed by atoms with Crippen LogP contribution < -0.4 is 0 Å². The SMILES string of the molecule is CC#CCc1ccc(C#Cc2ccc(C3CCC(OC)CC3)cc2)cc1. The topological polar surface area (TPSA) is 9.23 Å². The lowest BCUT2D eigenvalue weighted by Gasteiger charge is -2.27. The number of rotatable bonds is 3. The first kappa shape index (κ1) is 18.3. The van der Waals surface area contributed by atoms with Crippen LogP contribution in [0.1, 0.15) is 60.8 Å². The first-order chi connectivity index (χ1) is 12.8. The molecule has 0 amide bonds. The quantitative estimate of drug-likeness (QED) is 0.686. The van der Waals surface area contributed by atoms with E-state index in [9.17, 15) is 0 Å². The molecule has 1 heteroatoms. The van der Waals surface area contributed by atoms with Crippen molar-refractivity contribution >= 4 is 0 Å². The second-order valence-electron chi connectivity index (χ2n) is 6.88. The molecule has 0 saturated heterocycles. The first-order valence-corrected chi connectivity index (χ1v) is 9.42. The predicted octanol–water partition coefficient (Wildman–Crippen LogP) is 5.32. The van der Waals surface area contributed by atoms with E-state index in [1.54, 1.807) is 0 Å². The molecular formula is C25H26O. The summed E-state index contributed by atoms with van der Waals surface area (Å²) in [6.45, 7) is 1.87. The van der Waals surface area contributed by atoms with Crippen LogP contribution in [-0.2, 0) is 11.2 Å². The molecule has 1 aliphatic carbocycles. The maximum atomic E-state index is 5.47. The van der Waals surface area contributed by atoms with E-state index >= 15 is 0 Å². The van der Waals surface area contributed by atoms with Crippen LogP contribution in [0.25, 0.3) is 0 Å². The van der Waals surface area contributed by atoms with Crippen LogP contribution in [0.15, 0.2) is 48.5 Å². The summed E-state index contributed by atoms with van der Waals surface area (Å²) in [5.41, 5.74) is 4.78. The van der Waals surface area contributed by atoms with Gasteiger partial charge in [0, 0.05) is 24.7 Å². The Morgan fingerprint density at radius 2 is 1.42 bits per heavy atom. The summed E-state index contributed by atoms with van der Waals surface area (Å²) in [5.74, 6) is 13.2. The summed E-state index contributed by atoms with van der Waals surface area (Å²) in [4.78, 5) is 0. The smallest absolute Gasteiger partial charge is 0.0571 e. The lowest BCUT2D eigenvalue weighted by Crippen LogP contribution is -2.19. The Hall–Kier alpha value is -2.48. The Kier molecular flexibility index (Phi) is 6.54. The highest BCUT2D eigenvalue weighted by molar-refractivity contribution is 5.44. The van der Waals surface area contributed by atoms with Crippen molar-refractivity contribution in [3.8, 4) is 23.7 Å². The summed E-state index contributed by atoms with van der Waals surface area (Å²) in [6, 6.07) is 17.1. The van der Waals surface area contributed by atoms with Crippen molar-refractivity contribution in [2.24, 2.45) is 0 Å². The van der Waals surface area contributed by atoms with E-state index in [4.69, 9.17) is 4.74 Å². The average Bonchev–Trinajstić information content (AvgIpc) is 2.72. The molecule has 2 aromatic rings. The van der Waals surface area contributed by atoms with Crippen molar-refractivity contribution in [2.45, 2.75) is 51.0 Å². The van der Waals surface area contributed by atoms with Crippen molar-refractivity contribution in [1.82, 2.24) is 0 Å². The number of benzene rings is 2. The lowest BCUT2D eigenvalue weighted by molar-refractivity contribution is 0.0659. The molecule has 0 atom stereocenters. The zero-order valence-electron chi connectivity index (χ0n) is 15.7. The minimum absolute atomic E-state index is 0.455. The Morgan fingerprint density at radius 3 is 1.96 bits per heavy atom. The van der Waals surface area contributed by atoms with E-state index in [1.165, 1.54) is 36.8 Å². The van der Waals surface area contributed by atoms with Crippen LogP contribution in [0.3, 0.4) is 0 Å². The molecule has 0 N–H and O–H groups in total. The molecule has 0 bridgehead atoms. The normalized spacial score (nSPS) is 19.0. The van der Waals surface area contributed by atoms with Gasteiger partial charge >= 0.3 is 0 Å². The van der Waals surface area contributed by atoms with Crippen LogP contribution in [-0.4, -0.2) is 13.2 Å². The Morgan fingerprint density at radius 1 is 0.846 bits per heavy atom. The number of hydrogen-bond donors (Lipinski definition) is 0. The zero-order chi connectivity index (χ0) is 18.2. The maximum absolute atomic E-state index is 5.47. The van der Waals surface area contributed by atoms with E-state index in [2.05, 4.69) is 72.2 Å². The molecule has 0 aliphatic heterocycles. The third-order valence-electron chi connectivity index (χ3n) is 5.16. The fourth-order valence-electron chi connectivity index (χ4n) is 3.51. The molecule has 1 saturated carbocycles. The highest BCUT2D eigenvalue weighted by atomic mass is 16.5. The van der Waals surface area contributed by atoms with Gasteiger partial charge in [-0.15, -0.1) is 5.92 Å². The summed E-state index contributed by atoms with van der Waals surface area (Å²) < 4.78 is 5.47. The Bertz CT molecular complexity index is 814. The fraction of sp³-hybridized carbons (Fsp3) is 0.360. The molecule has 0 spiro atoms. The molecule has 0 aromatic heterocycles. The second kappa shape index (κ2) is 9.28. The second-order valence-corrected chi connectivity index (χ2v) is 6.88. The van der Waals surface area contributed by atoms with Crippen molar-refractivity contribution in [3.63, 3.8) is 0 Å². The number of methoxy groups -OCH3 is 1. The molecular weight excluding hydrogens is 316 g/mol. The summed E-state index contributed by atoms with van der Waals surface area (Å²) in [7, 11) is 1.82. The van der Waals surface area contributed by atoms with Gasteiger partial charge in [0.25, 0.3) is 0 Å². The van der Waals surface area contributed by atoms with Crippen molar-refractivity contribution < 1.29 is 4.74 Å². The molecule has 1 fully saturated rings. The van der Waals surface area contributed by atoms with Crippen molar-refractivity contribution in [3.05, 3.63) is 70.8 Å². The van der Waals surface area contributed by atoms with E-state index in [1.807, 2.05) is 14.0 Å². The van der Waals surface area contributed by atoms with Crippen LogP contribution >= 0.6 is 0 Å². The van der Waals surface area contributed by atoms with Gasteiger partial charge in [0.2, 0.25) is 0 Å². The van der Waals surface area contributed by atoms with Gasteiger partial charge < -0.3 is 4.74 Å². The van der Waals surface area contributed by atoms with E-state index in [0.29, 0.717) is 12.0 Å². The van der Waals surface area contributed by atoms with Gasteiger partial charge in [0.05, 0.1) is 6.10 Å². The lowest BCUT2D eigenvalue weighted by atomic mass is 9.82. The number of ether oxygens (including phenoxy) is 1. The van der Waals surface area contributed by atoms with Gasteiger partial charge in [-0.1, -0.05) is 42.0 Å². The average molecular weight is 342 g/mol. The highest BCUT2D eigenvalue weighted by Gasteiger charge is 2.21. The van der Waals surface area contributed by atoms with E-state index in [-0.39, 0.29) is 0 Å².